The number of hydrogen-bond acceptors (Lipinski definition) is 2. The van der Waals surface area contributed by atoms with E-state index in [4.69, 9.17) is 0 Å². The van der Waals surface area contributed by atoms with Crippen molar-refractivity contribution in [3.63, 3.8) is 0 Å². The van der Waals surface area contributed by atoms with E-state index < -0.39 is 0 Å². The number of pyridine rings is 1. The highest BCUT2D eigenvalue weighted by Crippen LogP contribution is 2.29. The molecule has 2 aromatic heterocycles. The van der Waals surface area contributed by atoms with Crippen molar-refractivity contribution < 1.29 is 0 Å². The highest BCUT2D eigenvalue weighted by Gasteiger charge is 2.23. The van der Waals surface area contributed by atoms with E-state index in [0.717, 1.165) is 23.8 Å². The third kappa shape index (κ3) is 2.20. The van der Waals surface area contributed by atoms with Crippen LogP contribution in [0, 0.1) is 5.92 Å². The summed E-state index contributed by atoms with van der Waals surface area (Å²) in [4.78, 5) is 4.59. The second kappa shape index (κ2) is 4.49. The van der Waals surface area contributed by atoms with E-state index in [-0.39, 0.29) is 0 Å². The Balaban J connectivity index is 1.64. The molecule has 0 saturated heterocycles. The standard InChI is InChI=1S/C14H19N3/c1-11(12-5-4-6-12)15-9-13-10-17-8-3-2-7-14(17)16-13/h2-3,7-8,10-12,15H,4-6,9H2,1H3. The molecule has 0 amide bonds. The van der Waals surface area contributed by atoms with Gasteiger partial charge in [0.1, 0.15) is 5.65 Å². The molecule has 2 aromatic rings. The summed E-state index contributed by atoms with van der Waals surface area (Å²) < 4.78 is 2.07. The van der Waals surface area contributed by atoms with Crippen molar-refractivity contribution in [1.82, 2.24) is 14.7 Å². The van der Waals surface area contributed by atoms with Gasteiger partial charge in [-0.05, 0) is 37.8 Å². The number of hydrogen-bond donors (Lipinski definition) is 1. The molecular weight excluding hydrogens is 210 g/mol. The van der Waals surface area contributed by atoms with Gasteiger partial charge in [-0.2, -0.15) is 0 Å². The smallest absolute Gasteiger partial charge is 0.137 e. The molecule has 90 valence electrons. The Kier molecular flexibility index (Phi) is 2.85. The van der Waals surface area contributed by atoms with Crippen molar-refractivity contribution >= 4 is 5.65 Å². The lowest BCUT2D eigenvalue weighted by Gasteiger charge is -2.31. The first-order chi connectivity index (χ1) is 8.33. The topological polar surface area (TPSA) is 29.3 Å². The molecule has 2 heterocycles. The van der Waals surface area contributed by atoms with Gasteiger partial charge in [-0.1, -0.05) is 12.5 Å². The number of aromatic nitrogens is 2. The lowest BCUT2D eigenvalue weighted by Crippen LogP contribution is -2.36. The van der Waals surface area contributed by atoms with Gasteiger partial charge in [0.2, 0.25) is 0 Å². The number of nitrogens with one attached hydrogen (secondary N) is 1. The van der Waals surface area contributed by atoms with Crippen LogP contribution in [0.5, 0.6) is 0 Å². The predicted molar refractivity (Wildman–Crippen MR) is 68.8 cm³/mol. The van der Waals surface area contributed by atoms with Crippen LogP contribution < -0.4 is 5.32 Å². The molecular formula is C14H19N3. The third-order valence-electron chi connectivity index (χ3n) is 3.88. The maximum absolute atomic E-state index is 4.59. The van der Waals surface area contributed by atoms with Gasteiger partial charge in [-0.25, -0.2) is 4.98 Å². The van der Waals surface area contributed by atoms with E-state index in [1.165, 1.54) is 19.3 Å². The van der Waals surface area contributed by atoms with Crippen molar-refractivity contribution in [2.45, 2.75) is 38.8 Å². The molecule has 1 N–H and O–H groups in total. The summed E-state index contributed by atoms with van der Waals surface area (Å²) in [5, 5.41) is 3.59. The maximum atomic E-state index is 4.59. The molecule has 1 aliphatic rings. The van der Waals surface area contributed by atoms with Crippen LogP contribution in [0.1, 0.15) is 31.9 Å². The summed E-state index contributed by atoms with van der Waals surface area (Å²) in [5.41, 5.74) is 2.16. The fourth-order valence-electron chi connectivity index (χ4n) is 2.44. The summed E-state index contributed by atoms with van der Waals surface area (Å²) in [6, 6.07) is 6.71. The molecule has 0 radical (unpaired) electrons. The number of imidazole rings is 1. The van der Waals surface area contributed by atoms with Crippen LogP contribution in [0.15, 0.2) is 30.6 Å². The zero-order valence-electron chi connectivity index (χ0n) is 10.3. The van der Waals surface area contributed by atoms with Gasteiger partial charge in [-0.3, -0.25) is 0 Å². The van der Waals surface area contributed by atoms with Crippen LogP contribution in [-0.2, 0) is 6.54 Å². The zero-order valence-corrected chi connectivity index (χ0v) is 10.3. The molecule has 1 fully saturated rings. The Hall–Kier alpha value is -1.35. The van der Waals surface area contributed by atoms with Crippen molar-refractivity contribution in [1.29, 1.82) is 0 Å². The van der Waals surface area contributed by atoms with E-state index in [9.17, 15) is 0 Å². The maximum Gasteiger partial charge on any atom is 0.137 e. The summed E-state index contributed by atoms with van der Waals surface area (Å²) in [5.74, 6) is 0.882. The van der Waals surface area contributed by atoms with Gasteiger partial charge in [0.25, 0.3) is 0 Å². The fraction of sp³-hybridized carbons (Fsp3) is 0.500. The summed E-state index contributed by atoms with van der Waals surface area (Å²) in [6.07, 6.45) is 8.33. The Labute approximate surface area is 102 Å². The summed E-state index contributed by atoms with van der Waals surface area (Å²) in [6.45, 7) is 3.17. The molecule has 3 rings (SSSR count). The van der Waals surface area contributed by atoms with Crippen LogP contribution in [0.3, 0.4) is 0 Å². The second-order valence-electron chi connectivity index (χ2n) is 5.06. The Bertz CT molecular complexity index is 466. The monoisotopic (exact) mass is 229 g/mol. The molecule has 1 unspecified atom stereocenters. The molecule has 3 nitrogen and oxygen atoms in total. The van der Waals surface area contributed by atoms with E-state index in [1.54, 1.807) is 0 Å². The van der Waals surface area contributed by atoms with Crippen LogP contribution in [0.2, 0.25) is 0 Å². The number of rotatable bonds is 4. The normalized spacial score (nSPS) is 18.2. The zero-order chi connectivity index (χ0) is 11.7. The van der Waals surface area contributed by atoms with Crippen molar-refractivity contribution in [3.8, 4) is 0 Å². The van der Waals surface area contributed by atoms with Crippen LogP contribution in [-0.4, -0.2) is 15.4 Å². The molecule has 1 atom stereocenters. The minimum atomic E-state index is 0.619. The van der Waals surface area contributed by atoms with E-state index in [2.05, 4.69) is 27.8 Å². The van der Waals surface area contributed by atoms with Crippen LogP contribution >= 0.6 is 0 Å². The van der Waals surface area contributed by atoms with Gasteiger partial charge in [0.05, 0.1) is 5.69 Å². The molecule has 0 spiro atoms. The molecule has 3 heteroatoms. The van der Waals surface area contributed by atoms with E-state index in [1.807, 2.05) is 24.4 Å². The van der Waals surface area contributed by atoms with Gasteiger partial charge in [0, 0.05) is 25.0 Å². The molecule has 0 aromatic carbocycles. The van der Waals surface area contributed by atoms with Crippen molar-refractivity contribution in [2.75, 3.05) is 0 Å². The Morgan fingerprint density at radius 2 is 2.35 bits per heavy atom. The average Bonchev–Trinajstić information content (AvgIpc) is 2.66. The molecule has 0 aliphatic heterocycles. The second-order valence-corrected chi connectivity index (χ2v) is 5.06. The van der Waals surface area contributed by atoms with Crippen molar-refractivity contribution in [2.24, 2.45) is 5.92 Å². The van der Waals surface area contributed by atoms with Crippen molar-refractivity contribution in [3.05, 3.63) is 36.3 Å². The first-order valence-electron chi connectivity index (χ1n) is 6.49. The lowest BCUT2D eigenvalue weighted by molar-refractivity contribution is 0.239. The quantitative estimate of drug-likeness (QED) is 0.873. The average molecular weight is 229 g/mol. The third-order valence-corrected chi connectivity index (χ3v) is 3.88. The van der Waals surface area contributed by atoms with E-state index in [0.29, 0.717) is 6.04 Å². The molecule has 17 heavy (non-hydrogen) atoms. The lowest BCUT2D eigenvalue weighted by atomic mass is 9.80. The first kappa shape index (κ1) is 10.8. The predicted octanol–water partition coefficient (Wildman–Crippen LogP) is 2.61. The summed E-state index contributed by atoms with van der Waals surface area (Å²) in [7, 11) is 0. The molecule has 0 bridgehead atoms. The van der Waals surface area contributed by atoms with Crippen LogP contribution in [0.4, 0.5) is 0 Å². The van der Waals surface area contributed by atoms with Gasteiger partial charge in [0.15, 0.2) is 0 Å². The highest BCUT2D eigenvalue weighted by atomic mass is 15.0. The van der Waals surface area contributed by atoms with Gasteiger partial charge in [-0.15, -0.1) is 0 Å². The minimum Gasteiger partial charge on any atom is -0.308 e. The van der Waals surface area contributed by atoms with E-state index >= 15 is 0 Å². The highest BCUT2D eigenvalue weighted by molar-refractivity contribution is 5.39. The molecule has 1 aliphatic carbocycles. The molecule has 1 saturated carbocycles. The van der Waals surface area contributed by atoms with Crippen LogP contribution in [0.25, 0.3) is 5.65 Å². The SMILES string of the molecule is CC(NCc1cn2ccccc2n1)C1CCC1. The van der Waals surface area contributed by atoms with Gasteiger partial charge >= 0.3 is 0 Å². The number of fused-ring (bicyclic) bond motifs is 1. The fourth-order valence-corrected chi connectivity index (χ4v) is 2.44. The minimum absolute atomic E-state index is 0.619. The summed E-state index contributed by atoms with van der Waals surface area (Å²) >= 11 is 0. The van der Waals surface area contributed by atoms with Gasteiger partial charge < -0.3 is 9.72 Å². The number of nitrogens with zero attached hydrogens (tertiary/aromatic N) is 2. The Morgan fingerprint density at radius 1 is 1.47 bits per heavy atom. The Morgan fingerprint density at radius 3 is 3.06 bits per heavy atom. The first-order valence-corrected chi connectivity index (χ1v) is 6.49. The largest absolute Gasteiger partial charge is 0.308 e.